The Balaban J connectivity index is 1.76. The number of ether oxygens (including phenoxy) is 1. The normalized spacial score (nSPS) is 31.8. The smallest absolute Gasteiger partial charge is 0.0700 e. The molecule has 1 N–H and O–H groups in total. The van der Waals surface area contributed by atoms with Crippen LogP contribution in [-0.4, -0.2) is 18.8 Å². The number of nitrogens with one attached hydrogen (secondary N) is 1. The Morgan fingerprint density at radius 1 is 1.29 bits per heavy atom. The van der Waals surface area contributed by atoms with E-state index in [2.05, 4.69) is 37.4 Å². The van der Waals surface area contributed by atoms with Crippen LogP contribution in [0.5, 0.6) is 0 Å². The summed E-state index contributed by atoms with van der Waals surface area (Å²) < 4.78 is 5.62. The quantitative estimate of drug-likeness (QED) is 0.845. The van der Waals surface area contributed by atoms with Crippen molar-refractivity contribution in [3.8, 4) is 0 Å². The molecule has 0 amide bonds. The average molecular weight is 231 g/mol. The Kier molecular flexibility index (Phi) is 2.93. The topological polar surface area (TPSA) is 21.3 Å². The van der Waals surface area contributed by atoms with E-state index in [1.165, 1.54) is 29.5 Å². The maximum absolute atomic E-state index is 5.62. The first-order valence-corrected chi connectivity index (χ1v) is 6.71. The Hall–Kier alpha value is -0.860. The molecule has 2 heteroatoms. The van der Waals surface area contributed by atoms with Gasteiger partial charge in [-0.2, -0.15) is 0 Å². The van der Waals surface area contributed by atoms with Gasteiger partial charge in [-0.1, -0.05) is 23.8 Å². The molecule has 1 saturated heterocycles. The molecule has 0 bridgehead atoms. The largest absolute Gasteiger partial charge is 0.377 e. The minimum absolute atomic E-state index is 0.365. The van der Waals surface area contributed by atoms with Crippen LogP contribution in [0, 0.1) is 6.92 Å². The molecule has 17 heavy (non-hydrogen) atoms. The highest BCUT2D eigenvalue weighted by atomic mass is 16.5. The highest BCUT2D eigenvalue weighted by molar-refractivity contribution is 5.37. The fourth-order valence-corrected chi connectivity index (χ4v) is 3.10. The van der Waals surface area contributed by atoms with Gasteiger partial charge in [0.1, 0.15) is 0 Å². The average Bonchev–Trinajstić information content (AvgIpc) is 2.88. The molecule has 1 aromatic carbocycles. The molecule has 92 valence electrons. The third kappa shape index (κ3) is 2.12. The molecule has 1 aliphatic heterocycles. The molecule has 1 aliphatic carbocycles. The number of hydrogen-bond donors (Lipinski definition) is 1. The Bertz CT molecular complexity index is 415. The molecule has 0 saturated carbocycles. The highest BCUT2D eigenvalue weighted by Crippen LogP contribution is 2.33. The lowest BCUT2D eigenvalue weighted by molar-refractivity contribution is 0.111. The third-order valence-electron chi connectivity index (χ3n) is 4.17. The summed E-state index contributed by atoms with van der Waals surface area (Å²) in [5.41, 5.74) is 4.41. The monoisotopic (exact) mass is 231 g/mol. The van der Waals surface area contributed by atoms with Crippen molar-refractivity contribution in [3.63, 3.8) is 0 Å². The molecular weight excluding hydrogens is 210 g/mol. The first-order chi connectivity index (χ1) is 8.24. The van der Waals surface area contributed by atoms with Gasteiger partial charge in [0.15, 0.2) is 0 Å². The van der Waals surface area contributed by atoms with Crippen LogP contribution in [0.1, 0.15) is 42.5 Å². The van der Waals surface area contributed by atoms with Crippen molar-refractivity contribution in [2.45, 2.75) is 51.3 Å². The number of rotatable bonds is 2. The number of benzene rings is 1. The number of hydrogen-bond acceptors (Lipinski definition) is 2. The molecule has 1 aromatic rings. The Morgan fingerprint density at radius 2 is 2.18 bits per heavy atom. The van der Waals surface area contributed by atoms with Crippen LogP contribution in [0.3, 0.4) is 0 Å². The summed E-state index contributed by atoms with van der Waals surface area (Å²) in [4.78, 5) is 0. The molecule has 2 nitrogen and oxygen atoms in total. The van der Waals surface area contributed by atoms with Crippen molar-refractivity contribution in [2.24, 2.45) is 0 Å². The zero-order chi connectivity index (χ0) is 11.8. The summed E-state index contributed by atoms with van der Waals surface area (Å²) in [6.45, 7) is 5.26. The van der Waals surface area contributed by atoms with Crippen LogP contribution >= 0.6 is 0 Å². The standard InChI is InChI=1S/C15H21NO/c1-10-3-4-12-5-6-15(13(12)9-10)16-14-7-8-17-11(14)2/h3-4,9,11,14-16H,5-8H2,1-2H3. The van der Waals surface area contributed by atoms with Gasteiger partial charge in [0.25, 0.3) is 0 Å². The second kappa shape index (κ2) is 4.43. The van der Waals surface area contributed by atoms with E-state index < -0.39 is 0 Å². The molecule has 2 aliphatic rings. The lowest BCUT2D eigenvalue weighted by Crippen LogP contribution is -2.36. The van der Waals surface area contributed by atoms with E-state index in [0.29, 0.717) is 18.2 Å². The molecular formula is C15H21NO. The van der Waals surface area contributed by atoms with Gasteiger partial charge < -0.3 is 10.1 Å². The van der Waals surface area contributed by atoms with Gasteiger partial charge in [-0.15, -0.1) is 0 Å². The first kappa shape index (κ1) is 11.2. The fraction of sp³-hybridized carbons (Fsp3) is 0.600. The molecule has 3 unspecified atom stereocenters. The van der Waals surface area contributed by atoms with Gasteiger partial charge in [-0.3, -0.25) is 0 Å². The SMILES string of the molecule is Cc1ccc2c(c1)C(NC1CCOC1C)CC2. The summed E-state index contributed by atoms with van der Waals surface area (Å²) in [5.74, 6) is 0. The van der Waals surface area contributed by atoms with Gasteiger partial charge in [0.05, 0.1) is 6.10 Å². The van der Waals surface area contributed by atoms with E-state index >= 15 is 0 Å². The van der Waals surface area contributed by atoms with E-state index in [9.17, 15) is 0 Å². The van der Waals surface area contributed by atoms with Crippen molar-refractivity contribution in [2.75, 3.05) is 6.61 Å². The maximum Gasteiger partial charge on any atom is 0.0700 e. The van der Waals surface area contributed by atoms with Gasteiger partial charge in [-0.25, -0.2) is 0 Å². The van der Waals surface area contributed by atoms with Crippen LogP contribution in [0.4, 0.5) is 0 Å². The van der Waals surface area contributed by atoms with Crippen LogP contribution in [0.25, 0.3) is 0 Å². The summed E-state index contributed by atoms with van der Waals surface area (Å²) in [5, 5.41) is 3.79. The van der Waals surface area contributed by atoms with Crippen molar-refractivity contribution in [1.29, 1.82) is 0 Å². The lowest BCUT2D eigenvalue weighted by Gasteiger charge is -2.22. The van der Waals surface area contributed by atoms with Crippen LogP contribution in [0.2, 0.25) is 0 Å². The summed E-state index contributed by atoms with van der Waals surface area (Å²) in [7, 11) is 0. The minimum Gasteiger partial charge on any atom is -0.377 e. The zero-order valence-electron chi connectivity index (χ0n) is 10.7. The molecule has 1 heterocycles. The highest BCUT2D eigenvalue weighted by Gasteiger charge is 2.30. The summed E-state index contributed by atoms with van der Waals surface area (Å²) in [6.07, 6.45) is 3.97. The maximum atomic E-state index is 5.62. The van der Waals surface area contributed by atoms with Gasteiger partial charge in [0.2, 0.25) is 0 Å². The van der Waals surface area contributed by atoms with Gasteiger partial charge in [0, 0.05) is 18.7 Å². The lowest BCUT2D eigenvalue weighted by atomic mass is 10.0. The molecule has 3 rings (SSSR count). The molecule has 3 atom stereocenters. The van der Waals surface area contributed by atoms with Crippen LogP contribution in [-0.2, 0) is 11.2 Å². The molecule has 0 radical (unpaired) electrons. The van der Waals surface area contributed by atoms with Crippen molar-refractivity contribution in [1.82, 2.24) is 5.32 Å². The Morgan fingerprint density at radius 3 is 2.94 bits per heavy atom. The summed E-state index contributed by atoms with van der Waals surface area (Å²) in [6, 6.07) is 7.94. The van der Waals surface area contributed by atoms with Crippen molar-refractivity contribution in [3.05, 3.63) is 34.9 Å². The van der Waals surface area contributed by atoms with Crippen LogP contribution < -0.4 is 5.32 Å². The predicted octanol–water partition coefficient (Wildman–Crippen LogP) is 2.75. The fourth-order valence-electron chi connectivity index (χ4n) is 3.10. The minimum atomic E-state index is 0.365. The number of aryl methyl sites for hydroxylation is 2. The van der Waals surface area contributed by atoms with Crippen molar-refractivity contribution < 1.29 is 4.74 Å². The van der Waals surface area contributed by atoms with E-state index in [1.807, 2.05) is 0 Å². The van der Waals surface area contributed by atoms with Gasteiger partial charge in [-0.05, 0) is 44.2 Å². The van der Waals surface area contributed by atoms with E-state index in [0.717, 1.165) is 13.0 Å². The van der Waals surface area contributed by atoms with E-state index in [4.69, 9.17) is 4.74 Å². The first-order valence-electron chi connectivity index (χ1n) is 6.71. The van der Waals surface area contributed by atoms with E-state index in [1.54, 1.807) is 0 Å². The zero-order valence-corrected chi connectivity index (χ0v) is 10.7. The van der Waals surface area contributed by atoms with Crippen molar-refractivity contribution >= 4 is 0 Å². The second-order valence-corrected chi connectivity index (χ2v) is 5.43. The number of fused-ring (bicyclic) bond motifs is 1. The molecule has 0 aromatic heterocycles. The third-order valence-corrected chi connectivity index (χ3v) is 4.17. The van der Waals surface area contributed by atoms with Gasteiger partial charge >= 0.3 is 0 Å². The predicted molar refractivity (Wildman–Crippen MR) is 69.2 cm³/mol. The molecule has 0 spiro atoms. The van der Waals surface area contributed by atoms with E-state index in [-0.39, 0.29) is 0 Å². The van der Waals surface area contributed by atoms with Crippen LogP contribution in [0.15, 0.2) is 18.2 Å². The summed E-state index contributed by atoms with van der Waals surface area (Å²) >= 11 is 0. The molecule has 1 fully saturated rings. The second-order valence-electron chi connectivity index (χ2n) is 5.43. The Labute approximate surface area is 103 Å².